The van der Waals surface area contributed by atoms with E-state index in [0.29, 0.717) is 28.9 Å². The van der Waals surface area contributed by atoms with Crippen molar-refractivity contribution in [1.29, 1.82) is 5.41 Å². The molecule has 2 rings (SSSR count). The van der Waals surface area contributed by atoms with Crippen LogP contribution in [0.15, 0.2) is 4.90 Å². The molecule has 1 aliphatic heterocycles. The largest absolute Gasteiger partial charge is 0.487 e. The predicted octanol–water partition coefficient (Wildman–Crippen LogP) is 3.00. The molecular weight excluding hydrogens is 991 g/mol. The zero-order valence-electron chi connectivity index (χ0n) is 48.0. The van der Waals surface area contributed by atoms with Gasteiger partial charge in [0.05, 0.1) is 35.9 Å². The first-order chi connectivity index (χ1) is 34.2. The molecule has 1 aromatic rings. The van der Waals surface area contributed by atoms with Gasteiger partial charge in [-0.05, 0) is 130 Å². The van der Waals surface area contributed by atoms with E-state index >= 15 is 0 Å². The highest BCUT2D eigenvalue weighted by molar-refractivity contribution is 7.90. The summed E-state index contributed by atoms with van der Waals surface area (Å²) < 4.78 is 52.9. The van der Waals surface area contributed by atoms with Crippen LogP contribution in [-0.4, -0.2) is 135 Å². The van der Waals surface area contributed by atoms with Crippen LogP contribution in [0.25, 0.3) is 0 Å². The number of ether oxygens (including phenoxy) is 4. The number of hydrogen-bond donors (Lipinski definition) is 9. The minimum atomic E-state index is -4.26. The number of guanidine groups is 1. The normalized spacial score (nSPS) is 16.2. The summed E-state index contributed by atoms with van der Waals surface area (Å²) in [5.74, 6) is -6.48. The summed E-state index contributed by atoms with van der Waals surface area (Å²) >= 11 is 0. The van der Waals surface area contributed by atoms with E-state index < -0.39 is 134 Å². The molecule has 23 heteroatoms. The highest BCUT2D eigenvalue weighted by Gasteiger charge is 2.39. The first-order valence-corrected chi connectivity index (χ1v) is 27.1. The summed E-state index contributed by atoms with van der Waals surface area (Å²) in [6, 6.07) is -7.47. The number of rotatable bonds is 25. The molecule has 426 valence electrons. The zero-order valence-corrected chi connectivity index (χ0v) is 48.8. The molecule has 0 spiro atoms. The van der Waals surface area contributed by atoms with Crippen molar-refractivity contribution in [1.82, 2.24) is 41.9 Å². The highest BCUT2D eigenvalue weighted by atomic mass is 32.2. The number of carbonyl (C=O) groups is 7. The van der Waals surface area contributed by atoms with Crippen LogP contribution in [0.2, 0.25) is 0 Å². The van der Waals surface area contributed by atoms with Gasteiger partial charge in [-0.25, -0.2) is 17.9 Å². The second-order valence-corrected chi connectivity index (χ2v) is 24.6. The molecule has 1 heterocycles. The topological polar surface area (TPSA) is 311 Å². The Morgan fingerprint density at radius 3 is 1.59 bits per heavy atom. The number of fused-ring (bicyclic) bond motifs is 1. The van der Waals surface area contributed by atoms with Crippen molar-refractivity contribution < 1.29 is 60.9 Å². The van der Waals surface area contributed by atoms with E-state index in [1.165, 1.54) is 6.92 Å². The maximum absolute atomic E-state index is 14.3. The molecule has 0 fully saturated rings. The van der Waals surface area contributed by atoms with Gasteiger partial charge in [0.15, 0.2) is 6.04 Å². The summed E-state index contributed by atoms with van der Waals surface area (Å²) in [4.78, 5) is 95.2. The van der Waals surface area contributed by atoms with Crippen LogP contribution < -0.4 is 46.7 Å². The standard InChI is InChI=1S/C52H89N9O13S/c1-26(2)37(58-47(67)39(28(5)6)59-46(66)38(27(3)4)57-44(64)36(55-33(11)62)25-72-50(12,13)14)45(65)56-35(43(63)60-40(48(68)71-20)32(10)73-51(15,16)17)22-21-23-54-49(53)61-75(69,70)42-30(8)29(7)41-34(31(42)9)24-52(18,19)74-41/h26-28,32,35-40H,21-25H2,1-20H3,(H,55,62)(H,56,65)(H,57,64)(H,58,67)(H,59,66)(H,60,63)(H3,53,54,61)/t32-,35+,36+,37+,38+,39+,40+/m1/s1. The molecule has 0 aliphatic carbocycles. The quantitative estimate of drug-likeness (QED) is 0.0295. The Bertz CT molecular complexity index is 2360. The second kappa shape index (κ2) is 27.0. The SMILES string of the molecule is COC(=O)[C@@H](NC(=O)[C@H](CCCNC(=N)NS(=O)(=O)c1c(C)c(C)c2c(c1C)CC(C)(C)O2)NC(=O)[C@@H](NC(=O)[C@@H](NC(=O)[C@@H](NC(=O)[C@H](COC(C)(C)C)NC(C)=O)C(C)C)C(C)C)C(C)C)[C@@H](C)OC(C)(C)C. The fraction of sp³-hybridized carbons (Fsp3) is 0.731. The Balaban J connectivity index is 2.39. The first-order valence-electron chi connectivity index (χ1n) is 25.6. The summed E-state index contributed by atoms with van der Waals surface area (Å²) in [6.45, 7) is 32.4. The third kappa shape index (κ3) is 19.8. The van der Waals surface area contributed by atoms with Crippen molar-refractivity contribution in [3.63, 3.8) is 0 Å². The lowest BCUT2D eigenvalue weighted by molar-refractivity contribution is -0.153. The third-order valence-electron chi connectivity index (χ3n) is 12.3. The summed E-state index contributed by atoms with van der Waals surface area (Å²) in [5, 5.41) is 27.3. The molecule has 7 atom stereocenters. The number of amides is 6. The van der Waals surface area contributed by atoms with E-state index in [1.807, 2.05) is 13.8 Å². The maximum Gasteiger partial charge on any atom is 0.331 e. The summed E-state index contributed by atoms with van der Waals surface area (Å²) in [6.07, 6.45) is -0.431. The van der Waals surface area contributed by atoms with Crippen molar-refractivity contribution in [2.24, 2.45) is 17.8 Å². The second-order valence-electron chi connectivity index (χ2n) is 23.0. The number of nitrogens with one attached hydrogen (secondary N) is 9. The van der Waals surface area contributed by atoms with Gasteiger partial charge in [-0.1, -0.05) is 41.5 Å². The van der Waals surface area contributed by atoms with Gasteiger partial charge in [0.1, 0.15) is 41.6 Å². The van der Waals surface area contributed by atoms with Crippen molar-refractivity contribution >= 4 is 57.4 Å². The van der Waals surface area contributed by atoms with Crippen LogP contribution in [0.4, 0.5) is 0 Å². The minimum absolute atomic E-state index is 0.0457. The van der Waals surface area contributed by atoms with E-state index in [9.17, 15) is 42.0 Å². The Kier molecular flexibility index (Phi) is 23.6. The Labute approximate surface area is 445 Å². The van der Waals surface area contributed by atoms with Crippen molar-refractivity contribution in [2.75, 3.05) is 20.3 Å². The molecule has 22 nitrogen and oxygen atoms in total. The number of benzene rings is 1. The van der Waals surface area contributed by atoms with Gasteiger partial charge in [-0.15, -0.1) is 0 Å². The predicted molar refractivity (Wildman–Crippen MR) is 284 cm³/mol. The highest BCUT2D eigenvalue weighted by Crippen LogP contribution is 2.43. The molecule has 9 N–H and O–H groups in total. The van der Waals surface area contributed by atoms with Crippen molar-refractivity contribution in [3.8, 4) is 5.75 Å². The number of carbonyl (C=O) groups excluding carboxylic acids is 7. The van der Waals surface area contributed by atoms with Crippen molar-refractivity contribution in [3.05, 3.63) is 22.3 Å². The lowest BCUT2D eigenvalue weighted by Crippen LogP contribution is -2.62. The Hall–Kier alpha value is -5.55. The molecule has 0 unspecified atom stereocenters. The Morgan fingerprint density at radius 2 is 1.13 bits per heavy atom. The third-order valence-corrected chi connectivity index (χ3v) is 13.9. The number of hydrogen-bond acceptors (Lipinski definition) is 14. The fourth-order valence-corrected chi connectivity index (χ4v) is 9.93. The molecule has 0 saturated heterocycles. The smallest absolute Gasteiger partial charge is 0.331 e. The summed E-state index contributed by atoms with van der Waals surface area (Å²) in [5.41, 5.74) is 0.581. The molecule has 0 saturated carbocycles. The molecule has 75 heavy (non-hydrogen) atoms. The van der Waals surface area contributed by atoms with E-state index in [-0.39, 0.29) is 30.9 Å². The van der Waals surface area contributed by atoms with Crippen LogP contribution in [0, 0.1) is 43.9 Å². The van der Waals surface area contributed by atoms with Gasteiger partial charge in [0.25, 0.3) is 10.0 Å². The van der Waals surface area contributed by atoms with Gasteiger partial charge in [-0.3, -0.25) is 34.2 Å². The molecule has 0 radical (unpaired) electrons. The fourth-order valence-electron chi connectivity index (χ4n) is 8.40. The van der Waals surface area contributed by atoms with E-state index in [4.69, 9.17) is 24.4 Å². The van der Waals surface area contributed by atoms with E-state index in [0.717, 1.165) is 12.7 Å². The van der Waals surface area contributed by atoms with Crippen LogP contribution >= 0.6 is 0 Å². The lowest BCUT2D eigenvalue weighted by atomic mass is 9.94. The number of methoxy groups -OCH3 is 1. The van der Waals surface area contributed by atoms with Crippen LogP contribution in [0.5, 0.6) is 5.75 Å². The van der Waals surface area contributed by atoms with Crippen LogP contribution in [-0.2, 0) is 64.2 Å². The average Bonchev–Trinajstić information content (AvgIpc) is 3.60. The summed E-state index contributed by atoms with van der Waals surface area (Å²) in [7, 11) is -3.11. The molecule has 1 aromatic carbocycles. The molecule has 0 bridgehead atoms. The van der Waals surface area contributed by atoms with Crippen LogP contribution in [0.1, 0.15) is 146 Å². The molecular formula is C52H89N9O13S. The van der Waals surface area contributed by atoms with Gasteiger partial charge in [-0.2, -0.15) is 0 Å². The molecule has 1 aliphatic rings. The van der Waals surface area contributed by atoms with E-state index in [2.05, 4.69) is 41.9 Å². The first kappa shape index (κ1) is 65.6. The Morgan fingerprint density at radius 1 is 0.667 bits per heavy atom. The van der Waals surface area contributed by atoms with Crippen molar-refractivity contribution in [2.45, 2.75) is 215 Å². The lowest BCUT2D eigenvalue weighted by Gasteiger charge is -2.32. The van der Waals surface area contributed by atoms with Crippen LogP contribution in [0.3, 0.4) is 0 Å². The molecule has 6 amide bonds. The monoisotopic (exact) mass is 1080 g/mol. The van der Waals surface area contributed by atoms with Gasteiger partial charge in [0, 0.05) is 25.5 Å². The van der Waals surface area contributed by atoms with E-state index in [1.54, 1.807) is 111 Å². The maximum atomic E-state index is 14.3. The average molecular weight is 1080 g/mol. The number of esters is 1. The van der Waals surface area contributed by atoms with Gasteiger partial charge in [0.2, 0.25) is 41.4 Å². The molecule has 0 aromatic heterocycles. The van der Waals surface area contributed by atoms with Gasteiger partial charge >= 0.3 is 5.97 Å². The van der Waals surface area contributed by atoms with Gasteiger partial charge < -0.3 is 56.2 Å². The number of sulfonamides is 1. The minimum Gasteiger partial charge on any atom is -0.487 e. The zero-order chi connectivity index (χ0) is 57.9.